The first-order chi connectivity index (χ1) is 3.68. The molecule has 0 spiro atoms. The van der Waals surface area contributed by atoms with Crippen LogP contribution in [0.2, 0.25) is 0 Å². The molecule has 0 aliphatic heterocycles. The number of aliphatic hydroxyl groups excluding tert-OH is 1. The highest BCUT2D eigenvalue weighted by atomic mass is 16.3. The molecule has 2 N–H and O–H groups in total. The summed E-state index contributed by atoms with van der Waals surface area (Å²) in [5.41, 5.74) is 0. The Balaban J connectivity index is 3.32. The summed E-state index contributed by atoms with van der Waals surface area (Å²) in [6, 6.07) is 0. The van der Waals surface area contributed by atoms with Gasteiger partial charge in [-0.05, 0) is 14.0 Å². The van der Waals surface area contributed by atoms with Gasteiger partial charge in [0, 0.05) is 6.54 Å². The summed E-state index contributed by atoms with van der Waals surface area (Å²) in [6.45, 7) is 1.71. The Morgan fingerprint density at radius 3 is 2.50 bits per heavy atom. The van der Waals surface area contributed by atoms with Gasteiger partial charge in [0.05, 0.1) is 0 Å². The van der Waals surface area contributed by atoms with E-state index in [0.717, 1.165) is 0 Å². The third-order valence-electron chi connectivity index (χ3n) is 0.867. The molecule has 0 amide bonds. The normalized spacial score (nSPS) is 13.4. The summed E-state index contributed by atoms with van der Waals surface area (Å²) in [5.74, 6) is -0.195. The van der Waals surface area contributed by atoms with Gasteiger partial charge in [0.25, 0.3) is 0 Å². The van der Waals surface area contributed by atoms with Gasteiger partial charge in [-0.3, -0.25) is 4.79 Å². The zero-order valence-electron chi connectivity index (χ0n) is 5.14. The monoisotopic (exact) mass is 117 g/mol. The molecule has 0 aromatic heterocycles. The predicted octanol–water partition coefficient (Wildman–Crippen LogP) is -0.844. The van der Waals surface area contributed by atoms with Gasteiger partial charge in [-0.1, -0.05) is 0 Å². The molecule has 0 radical (unpaired) electrons. The average molecular weight is 117 g/mol. The van der Waals surface area contributed by atoms with E-state index in [9.17, 15) is 4.79 Å². The van der Waals surface area contributed by atoms with Crippen molar-refractivity contribution in [3.05, 3.63) is 0 Å². The number of hydrogen-bond acceptors (Lipinski definition) is 3. The first kappa shape index (κ1) is 7.59. The molecule has 0 saturated carbocycles. The molecule has 0 saturated heterocycles. The first-order valence-electron chi connectivity index (χ1n) is 2.51. The maximum atomic E-state index is 10.2. The van der Waals surface area contributed by atoms with Crippen LogP contribution >= 0.6 is 0 Å². The molecule has 0 unspecified atom stereocenters. The lowest BCUT2D eigenvalue weighted by Crippen LogP contribution is -2.29. The largest absolute Gasteiger partial charge is 0.384 e. The molecule has 0 bridgehead atoms. The van der Waals surface area contributed by atoms with E-state index in [0.29, 0.717) is 6.54 Å². The van der Waals surface area contributed by atoms with Crippen LogP contribution in [0, 0.1) is 0 Å². The molecule has 0 rings (SSSR count). The van der Waals surface area contributed by atoms with E-state index in [-0.39, 0.29) is 5.78 Å². The number of nitrogens with one attached hydrogen (secondary N) is 1. The van der Waals surface area contributed by atoms with E-state index in [1.807, 2.05) is 0 Å². The first-order valence-corrected chi connectivity index (χ1v) is 2.51. The summed E-state index contributed by atoms with van der Waals surface area (Å²) in [4.78, 5) is 10.2. The lowest BCUT2D eigenvalue weighted by Gasteiger charge is -2.02. The number of ketones is 1. The lowest BCUT2D eigenvalue weighted by molar-refractivity contribution is -0.124. The second-order valence-electron chi connectivity index (χ2n) is 1.68. The minimum atomic E-state index is -0.833. The van der Waals surface area contributed by atoms with Gasteiger partial charge in [-0.2, -0.15) is 0 Å². The molecule has 0 aromatic rings. The van der Waals surface area contributed by atoms with Crippen LogP contribution in [-0.4, -0.2) is 30.6 Å². The molecule has 48 valence electrons. The number of likely N-dealkylation sites (N-methyl/N-ethyl adjacent to an activating group) is 1. The van der Waals surface area contributed by atoms with Crippen LogP contribution in [0.3, 0.4) is 0 Å². The summed E-state index contributed by atoms with van der Waals surface area (Å²) >= 11 is 0. The topological polar surface area (TPSA) is 49.3 Å². The third-order valence-corrected chi connectivity index (χ3v) is 0.867. The quantitative estimate of drug-likeness (QED) is 0.506. The molecule has 0 fully saturated rings. The van der Waals surface area contributed by atoms with Crippen LogP contribution in [0.1, 0.15) is 6.92 Å². The Bertz CT molecular complexity index is 82.5. The van der Waals surface area contributed by atoms with Gasteiger partial charge in [0.1, 0.15) is 6.10 Å². The van der Waals surface area contributed by atoms with E-state index < -0.39 is 6.10 Å². The van der Waals surface area contributed by atoms with E-state index >= 15 is 0 Å². The van der Waals surface area contributed by atoms with Gasteiger partial charge >= 0.3 is 0 Å². The van der Waals surface area contributed by atoms with E-state index in [2.05, 4.69) is 5.32 Å². The number of aliphatic hydroxyl groups is 1. The maximum absolute atomic E-state index is 10.2. The van der Waals surface area contributed by atoms with E-state index in [1.54, 1.807) is 7.05 Å². The van der Waals surface area contributed by atoms with Crippen molar-refractivity contribution in [2.45, 2.75) is 13.0 Å². The Labute approximate surface area is 48.7 Å². The molecule has 3 heteroatoms. The lowest BCUT2D eigenvalue weighted by atomic mass is 10.2. The standard InChI is InChI=1S/C5H11NO2/c1-4(7)5(8)3-6-2/h5-6,8H,3H2,1-2H3/t5-/m0/s1. The maximum Gasteiger partial charge on any atom is 0.159 e. The van der Waals surface area contributed by atoms with Crippen molar-refractivity contribution in [3.8, 4) is 0 Å². The molecule has 8 heavy (non-hydrogen) atoms. The molecular formula is C5H11NO2. The van der Waals surface area contributed by atoms with Gasteiger partial charge in [-0.15, -0.1) is 0 Å². The van der Waals surface area contributed by atoms with Crippen LogP contribution in [0.15, 0.2) is 0 Å². The van der Waals surface area contributed by atoms with Crippen molar-refractivity contribution in [2.24, 2.45) is 0 Å². The zero-order chi connectivity index (χ0) is 6.57. The Hall–Kier alpha value is -0.410. The highest BCUT2D eigenvalue weighted by molar-refractivity contribution is 5.80. The van der Waals surface area contributed by atoms with Crippen LogP contribution < -0.4 is 5.32 Å². The molecule has 0 aliphatic rings. The number of carbonyl (C=O) groups excluding carboxylic acids is 1. The summed E-state index contributed by atoms with van der Waals surface area (Å²) in [6.07, 6.45) is -0.833. The second kappa shape index (κ2) is 3.57. The fraction of sp³-hybridized carbons (Fsp3) is 0.800. The minimum Gasteiger partial charge on any atom is -0.384 e. The van der Waals surface area contributed by atoms with Crippen molar-refractivity contribution in [3.63, 3.8) is 0 Å². The van der Waals surface area contributed by atoms with Crippen molar-refractivity contribution < 1.29 is 9.90 Å². The fourth-order valence-electron chi connectivity index (χ4n) is 0.337. The van der Waals surface area contributed by atoms with Gasteiger partial charge in [-0.25, -0.2) is 0 Å². The molecular weight excluding hydrogens is 106 g/mol. The average Bonchev–Trinajstić information content (AvgIpc) is 1.67. The summed E-state index contributed by atoms with van der Waals surface area (Å²) in [7, 11) is 1.69. The second-order valence-corrected chi connectivity index (χ2v) is 1.68. The smallest absolute Gasteiger partial charge is 0.159 e. The van der Waals surface area contributed by atoms with Gasteiger partial charge < -0.3 is 10.4 Å². The van der Waals surface area contributed by atoms with Gasteiger partial charge in [0.2, 0.25) is 0 Å². The van der Waals surface area contributed by atoms with E-state index in [4.69, 9.17) is 5.11 Å². The predicted molar refractivity (Wildman–Crippen MR) is 30.6 cm³/mol. The highest BCUT2D eigenvalue weighted by Crippen LogP contribution is 1.79. The zero-order valence-corrected chi connectivity index (χ0v) is 5.14. The van der Waals surface area contributed by atoms with Crippen LogP contribution in [0.4, 0.5) is 0 Å². The Kier molecular flexibility index (Phi) is 3.39. The molecule has 0 aromatic carbocycles. The van der Waals surface area contributed by atoms with Crippen molar-refractivity contribution in [1.29, 1.82) is 0 Å². The molecule has 0 heterocycles. The van der Waals surface area contributed by atoms with Crippen molar-refractivity contribution in [2.75, 3.05) is 13.6 Å². The number of Topliss-reactive ketones (excluding diaryl/α,β-unsaturated/α-hetero) is 1. The summed E-state index contributed by atoms with van der Waals surface area (Å²) < 4.78 is 0. The number of rotatable bonds is 3. The van der Waals surface area contributed by atoms with Crippen LogP contribution in [-0.2, 0) is 4.79 Å². The molecule has 0 aliphatic carbocycles. The molecule has 3 nitrogen and oxygen atoms in total. The van der Waals surface area contributed by atoms with Gasteiger partial charge in [0.15, 0.2) is 5.78 Å². The Morgan fingerprint density at radius 2 is 2.38 bits per heavy atom. The summed E-state index contributed by atoms with van der Waals surface area (Å²) in [5, 5.41) is 11.4. The minimum absolute atomic E-state index is 0.195. The number of carbonyl (C=O) groups is 1. The van der Waals surface area contributed by atoms with E-state index in [1.165, 1.54) is 6.92 Å². The Morgan fingerprint density at radius 1 is 1.88 bits per heavy atom. The van der Waals surface area contributed by atoms with Crippen molar-refractivity contribution >= 4 is 5.78 Å². The molecule has 1 atom stereocenters. The third kappa shape index (κ3) is 2.71. The fourth-order valence-corrected chi connectivity index (χ4v) is 0.337. The highest BCUT2D eigenvalue weighted by Gasteiger charge is 2.05. The number of hydrogen-bond donors (Lipinski definition) is 2. The SMILES string of the molecule is CNC[C@H](O)C(C)=O. The van der Waals surface area contributed by atoms with Crippen LogP contribution in [0.5, 0.6) is 0 Å². The van der Waals surface area contributed by atoms with Crippen molar-refractivity contribution in [1.82, 2.24) is 5.32 Å². The van der Waals surface area contributed by atoms with Crippen LogP contribution in [0.25, 0.3) is 0 Å².